The van der Waals surface area contributed by atoms with Gasteiger partial charge >= 0.3 is 0 Å². The van der Waals surface area contributed by atoms with Crippen molar-refractivity contribution in [2.45, 2.75) is 13.8 Å². The van der Waals surface area contributed by atoms with Crippen LogP contribution in [-0.2, 0) is 4.79 Å². The first-order valence-corrected chi connectivity index (χ1v) is 14.8. The van der Waals surface area contributed by atoms with Crippen LogP contribution in [0, 0.1) is 6.92 Å². The van der Waals surface area contributed by atoms with E-state index in [1.165, 1.54) is 6.92 Å². The van der Waals surface area contributed by atoms with E-state index in [0.717, 1.165) is 46.1 Å². The van der Waals surface area contributed by atoms with Crippen LogP contribution in [0.5, 0.6) is 0 Å². The van der Waals surface area contributed by atoms with Crippen LogP contribution in [0.25, 0.3) is 32.9 Å². The van der Waals surface area contributed by atoms with Crippen LogP contribution in [0.2, 0.25) is 0 Å². The molecule has 228 valence electrons. The van der Waals surface area contributed by atoms with Gasteiger partial charge in [-0.15, -0.1) is 0 Å². The maximum absolute atomic E-state index is 13.3. The number of aromatic amines is 1. The zero-order valence-electron chi connectivity index (χ0n) is 25.4. The quantitative estimate of drug-likeness (QED) is 0.217. The van der Waals surface area contributed by atoms with E-state index in [0.29, 0.717) is 46.7 Å². The molecule has 1 aliphatic rings. The van der Waals surface area contributed by atoms with Gasteiger partial charge in [0.05, 0.1) is 11.1 Å². The van der Waals surface area contributed by atoms with Crippen molar-refractivity contribution in [2.24, 2.45) is 5.73 Å². The van der Waals surface area contributed by atoms with Crippen LogP contribution in [0.4, 0.5) is 11.4 Å². The molecule has 10 heteroatoms. The molecule has 10 nitrogen and oxygen atoms in total. The van der Waals surface area contributed by atoms with Crippen molar-refractivity contribution < 1.29 is 19.2 Å². The van der Waals surface area contributed by atoms with Gasteiger partial charge in [-0.25, -0.2) is 0 Å². The molecule has 0 unspecified atom stereocenters. The van der Waals surface area contributed by atoms with Crippen molar-refractivity contribution >= 4 is 56.8 Å². The first-order valence-electron chi connectivity index (χ1n) is 14.8. The highest BCUT2D eigenvalue weighted by Gasteiger charge is 2.23. The summed E-state index contributed by atoms with van der Waals surface area (Å²) in [6.07, 6.45) is 0. The van der Waals surface area contributed by atoms with Crippen molar-refractivity contribution in [1.82, 2.24) is 14.8 Å². The van der Waals surface area contributed by atoms with Gasteiger partial charge in [0.15, 0.2) is 0 Å². The summed E-state index contributed by atoms with van der Waals surface area (Å²) in [7, 11) is 2.05. The van der Waals surface area contributed by atoms with Gasteiger partial charge in [-0.1, -0.05) is 24.3 Å². The maximum atomic E-state index is 13.3. The topological polar surface area (TPSA) is 141 Å². The van der Waals surface area contributed by atoms with E-state index in [1.807, 2.05) is 61.3 Å². The number of nitrogens with one attached hydrogen (secondary N) is 3. The summed E-state index contributed by atoms with van der Waals surface area (Å²) < 4.78 is 0. The molecule has 0 saturated carbocycles. The summed E-state index contributed by atoms with van der Waals surface area (Å²) >= 11 is 0. The fourth-order valence-electron chi connectivity index (χ4n) is 5.93. The standard InChI is InChI=1S/C35H34N6O4/c1-20-25(5-4-6-29(20)39-34(44)22-7-10-24(11-8-22)37-21(2)42)26-13-14-28(33(36)43)32-31(26)27-12-9-23(19-30(27)38-32)35(45)41-17-15-40(3)16-18-41/h4-14,19,38H,15-18H2,1-3H3,(H2,36,43)(H,37,42)(H,39,44). The van der Waals surface area contributed by atoms with Gasteiger partial charge in [0.2, 0.25) is 5.91 Å². The second-order valence-corrected chi connectivity index (χ2v) is 11.4. The zero-order chi connectivity index (χ0) is 31.8. The van der Waals surface area contributed by atoms with Crippen LogP contribution < -0.4 is 16.4 Å². The third-order valence-electron chi connectivity index (χ3n) is 8.40. The Bertz CT molecular complexity index is 1990. The normalized spacial score (nSPS) is 13.6. The number of piperazine rings is 1. The number of anilines is 2. The largest absolute Gasteiger partial charge is 0.366 e. The Morgan fingerprint density at radius 2 is 1.53 bits per heavy atom. The molecule has 0 spiro atoms. The number of fused-ring (bicyclic) bond motifs is 3. The molecule has 1 aliphatic heterocycles. The molecule has 5 N–H and O–H groups in total. The first-order chi connectivity index (χ1) is 21.6. The van der Waals surface area contributed by atoms with Gasteiger partial charge in [0.1, 0.15) is 0 Å². The smallest absolute Gasteiger partial charge is 0.255 e. The third kappa shape index (κ3) is 5.75. The molecule has 0 atom stereocenters. The number of aromatic nitrogens is 1. The van der Waals surface area contributed by atoms with Gasteiger partial charge in [-0.3, -0.25) is 19.2 Å². The van der Waals surface area contributed by atoms with Gasteiger partial charge in [0, 0.05) is 71.9 Å². The summed E-state index contributed by atoms with van der Waals surface area (Å²) in [4.78, 5) is 57.7. The predicted octanol–water partition coefficient (Wildman–Crippen LogP) is 4.99. The Morgan fingerprint density at radius 3 is 2.22 bits per heavy atom. The second-order valence-electron chi connectivity index (χ2n) is 11.4. The molecular weight excluding hydrogens is 568 g/mol. The Labute approximate surface area is 260 Å². The fourth-order valence-corrected chi connectivity index (χ4v) is 5.93. The Balaban J connectivity index is 1.38. The molecular formula is C35H34N6O4. The highest BCUT2D eigenvalue weighted by atomic mass is 16.2. The van der Waals surface area contributed by atoms with Crippen LogP contribution in [-0.4, -0.2) is 71.6 Å². The van der Waals surface area contributed by atoms with Crippen LogP contribution >= 0.6 is 0 Å². The number of carbonyl (C=O) groups is 4. The molecule has 2 heterocycles. The number of carbonyl (C=O) groups excluding carboxylic acids is 4. The molecule has 5 aromatic rings. The summed E-state index contributed by atoms with van der Waals surface area (Å²) in [6, 6.07) is 21.5. The van der Waals surface area contributed by atoms with Gasteiger partial charge in [0.25, 0.3) is 17.7 Å². The summed E-state index contributed by atoms with van der Waals surface area (Å²) in [5, 5.41) is 7.36. The minimum absolute atomic E-state index is 0.0250. The van der Waals surface area contributed by atoms with E-state index < -0.39 is 5.91 Å². The second kappa shape index (κ2) is 11.9. The fraction of sp³-hybridized carbons (Fsp3) is 0.200. The van der Waals surface area contributed by atoms with E-state index >= 15 is 0 Å². The monoisotopic (exact) mass is 602 g/mol. The summed E-state index contributed by atoms with van der Waals surface area (Å²) in [5.41, 5.74) is 12.3. The third-order valence-corrected chi connectivity index (χ3v) is 8.40. The highest BCUT2D eigenvalue weighted by molar-refractivity contribution is 6.20. The summed E-state index contributed by atoms with van der Waals surface area (Å²) in [6.45, 7) is 6.36. The molecule has 1 fully saturated rings. The van der Waals surface area contributed by atoms with Crippen molar-refractivity contribution in [1.29, 1.82) is 0 Å². The minimum atomic E-state index is -0.561. The number of nitrogens with two attached hydrogens (primary N) is 1. The predicted molar refractivity (Wildman–Crippen MR) is 177 cm³/mol. The molecule has 45 heavy (non-hydrogen) atoms. The van der Waals surface area contributed by atoms with Crippen molar-refractivity contribution in [3.05, 3.63) is 95.1 Å². The lowest BCUT2D eigenvalue weighted by atomic mass is 9.93. The van der Waals surface area contributed by atoms with Crippen molar-refractivity contribution in [3.8, 4) is 11.1 Å². The number of likely N-dealkylation sites (N-methyl/N-ethyl adjacent to an activating group) is 1. The molecule has 1 saturated heterocycles. The molecule has 0 aliphatic carbocycles. The number of H-pyrrole nitrogens is 1. The maximum Gasteiger partial charge on any atom is 0.255 e. The molecule has 6 rings (SSSR count). The lowest BCUT2D eigenvalue weighted by Gasteiger charge is -2.32. The number of primary amides is 1. The molecule has 1 aromatic heterocycles. The van der Waals surface area contributed by atoms with Crippen LogP contribution in [0.15, 0.2) is 72.8 Å². The SMILES string of the molecule is CC(=O)Nc1ccc(C(=O)Nc2cccc(-c3ccc(C(N)=O)c4[nH]c5cc(C(=O)N6CCN(C)CC6)ccc5c34)c2C)cc1. The molecule has 4 amide bonds. The average molecular weight is 603 g/mol. The van der Waals surface area contributed by atoms with Gasteiger partial charge in [-0.2, -0.15) is 0 Å². The highest BCUT2D eigenvalue weighted by Crippen LogP contribution is 2.39. The van der Waals surface area contributed by atoms with E-state index in [-0.39, 0.29) is 17.7 Å². The Hall–Kier alpha value is -5.48. The first kappa shape index (κ1) is 29.6. The zero-order valence-corrected chi connectivity index (χ0v) is 25.4. The Morgan fingerprint density at radius 1 is 0.822 bits per heavy atom. The lowest BCUT2D eigenvalue weighted by Crippen LogP contribution is -2.47. The van der Waals surface area contributed by atoms with Crippen molar-refractivity contribution in [3.63, 3.8) is 0 Å². The molecule has 0 bridgehead atoms. The van der Waals surface area contributed by atoms with Gasteiger partial charge < -0.3 is 31.2 Å². The number of hydrogen-bond acceptors (Lipinski definition) is 5. The average Bonchev–Trinajstić information content (AvgIpc) is 3.40. The minimum Gasteiger partial charge on any atom is -0.366 e. The van der Waals surface area contributed by atoms with Gasteiger partial charge in [-0.05, 0) is 79.2 Å². The number of hydrogen-bond donors (Lipinski definition) is 4. The molecule has 4 aromatic carbocycles. The van der Waals surface area contributed by atoms with E-state index in [2.05, 4.69) is 20.5 Å². The Kier molecular flexibility index (Phi) is 7.82. The lowest BCUT2D eigenvalue weighted by molar-refractivity contribution is -0.114. The number of benzene rings is 4. The van der Waals surface area contributed by atoms with Crippen LogP contribution in [0.1, 0.15) is 43.6 Å². The number of rotatable bonds is 6. The van der Waals surface area contributed by atoms with Crippen molar-refractivity contribution in [2.75, 3.05) is 43.9 Å². The van der Waals surface area contributed by atoms with Crippen LogP contribution in [0.3, 0.4) is 0 Å². The number of amides is 4. The van der Waals surface area contributed by atoms with E-state index in [9.17, 15) is 19.2 Å². The number of nitrogens with zero attached hydrogens (tertiary/aromatic N) is 2. The van der Waals surface area contributed by atoms with E-state index in [4.69, 9.17) is 5.73 Å². The molecule has 0 radical (unpaired) electrons. The van der Waals surface area contributed by atoms with E-state index in [1.54, 1.807) is 30.3 Å². The summed E-state index contributed by atoms with van der Waals surface area (Å²) in [5.74, 6) is -1.06.